The zero-order valence-corrected chi connectivity index (χ0v) is 10.4. The summed E-state index contributed by atoms with van der Waals surface area (Å²) in [5.41, 5.74) is 2.97. The van der Waals surface area contributed by atoms with Gasteiger partial charge in [0, 0.05) is 25.0 Å². The number of hydrogen-bond donors (Lipinski definition) is 0. The lowest BCUT2D eigenvalue weighted by Gasteiger charge is -2.38. The molecule has 2 unspecified atom stereocenters. The van der Waals surface area contributed by atoms with Crippen LogP contribution in [0.15, 0.2) is 43.0 Å². The van der Waals surface area contributed by atoms with Gasteiger partial charge in [-0.05, 0) is 30.5 Å². The van der Waals surface area contributed by atoms with Gasteiger partial charge in [0.15, 0.2) is 0 Å². The van der Waals surface area contributed by atoms with Gasteiger partial charge < -0.3 is 4.57 Å². The monoisotopic (exact) mass is 239 g/mol. The standard InChI is InChI=1S/C15H17N3/c1-2-5-13-12(4-1)10-17-8-3-6-14(17)15(13)18-9-7-16-11-18/h1-2,4-5,7,9,11,14-15H,3,6,8,10H2. The van der Waals surface area contributed by atoms with E-state index < -0.39 is 0 Å². The second-order valence-electron chi connectivity index (χ2n) is 5.33. The Kier molecular flexibility index (Phi) is 2.27. The minimum absolute atomic E-state index is 0.444. The Morgan fingerprint density at radius 2 is 2.17 bits per heavy atom. The molecule has 0 saturated carbocycles. The molecule has 3 nitrogen and oxygen atoms in total. The molecule has 0 amide bonds. The maximum Gasteiger partial charge on any atom is 0.0952 e. The van der Waals surface area contributed by atoms with Crippen LogP contribution in [0.2, 0.25) is 0 Å². The summed E-state index contributed by atoms with van der Waals surface area (Å²) < 4.78 is 2.28. The van der Waals surface area contributed by atoms with Crippen molar-refractivity contribution in [3.63, 3.8) is 0 Å². The number of nitrogens with zero attached hydrogens (tertiary/aromatic N) is 3. The number of benzene rings is 1. The molecule has 18 heavy (non-hydrogen) atoms. The van der Waals surface area contributed by atoms with E-state index in [-0.39, 0.29) is 0 Å². The zero-order valence-electron chi connectivity index (χ0n) is 10.4. The first-order chi connectivity index (χ1) is 8.93. The van der Waals surface area contributed by atoms with Crippen LogP contribution in [0.1, 0.15) is 30.0 Å². The summed E-state index contributed by atoms with van der Waals surface area (Å²) >= 11 is 0. The quantitative estimate of drug-likeness (QED) is 0.762. The first-order valence-corrected chi connectivity index (χ1v) is 6.73. The van der Waals surface area contributed by atoms with Crippen LogP contribution in [0.4, 0.5) is 0 Å². The molecule has 2 aliphatic heterocycles. The lowest BCUT2D eigenvalue weighted by Crippen LogP contribution is -2.41. The number of rotatable bonds is 1. The molecule has 1 aromatic carbocycles. The number of imidazole rings is 1. The van der Waals surface area contributed by atoms with Crippen molar-refractivity contribution in [2.45, 2.75) is 31.5 Å². The topological polar surface area (TPSA) is 21.1 Å². The van der Waals surface area contributed by atoms with E-state index in [4.69, 9.17) is 0 Å². The van der Waals surface area contributed by atoms with Crippen molar-refractivity contribution in [2.75, 3.05) is 6.54 Å². The van der Waals surface area contributed by atoms with E-state index in [1.54, 1.807) is 0 Å². The van der Waals surface area contributed by atoms with Crippen molar-refractivity contribution < 1.29 is 0 Å². The molecule has 1 aromatic heterocycles. The highest BCUT2D eigenvalue weighted by Crippen LogP contribution is 2.39. The predicted molar refractivity (Wildman–Crippen MR) is 70.2 cm³/mol. The maximum absolute atomic E-state index is 4.23. The Bertz CT molecular complexity index is 547. The highest BCUT2D eigenvalue weighted by Gasteiger charge is 2.38. The van der Waals surface area contributed by atoms with Gasteiger partial charge in [-0.1, -0.05) is 24.3 Å². The molecule has 0 N–H and O–H groups in total. The van der Waals surface area contributed by atoms with Gasteiger partial charge in [-0.2, -0.15) is 0 Å². The minimum atomic E-state index is 0.444. The third-order valence-electron chi connectivity index (χ3n) is 4.37. The second-order valence-corrected chi connectivity index (χ2v) is 5.33. The van der Waals surface area contributed by atoms with E-state index in [0.717, 1.165) is 6.54 Å². The Morgan fingerprint density at radius 3 is 3.06 bits per heavy atom. The van der Waals surface area contributed by atoms with Crippen LogP contribution in [-0.4, -0.2) is 27.0 Å². The molecule has 3 heterocycles. The van der Waals surface area contributed by atoms with Crippen LogP contribution in [0, 0.1) is 0 Å². The number of fused-ring (bicyclic) bond motifs is 2. The average Bonchev–Trinajstić information content (AvgIpc) is 3.06. The van der Waals surface area contributed by atoms with Crippen LogP contribution in [0.3, 0.4) is 0 Å². The summed E-state index contributed by atoms with van der Waals surface area (Å²) in [7, 11) is 0. The maximum atomic E-state index is 4.23. The molecule has 2 aromatic rings. The SMILES string of the molecule is c1ccc2c(c1)CN1CCCC1C2n1ccnc1. The Morgan fingerprint density at radius 1 is 1.22 bits per heavy atom. The molecule has 4 rings (SSSR count). The normalized spacial score (nSPS) is 26.9. The van der Waals surface area contributed by atoms with E-state index in [9.17, 15) is 0 Å². The molecular weight excluding hydrogens is 222 g/mol. The minimum Gasteiger partial charge on any atom is -0.328 e. The predicted octanol–water partition coefficient (Wildman–Crippen LogP) is 2.45. The Labute approximate surface area is 107 Å². The van der Waals surface area contributed by atoms with E-state index in [0.29, 0.717) is 12.1 Å². The van der Waals surface area contributed by atoms with Gasteiger partial charge in [0.2, 0.25) is 0 Å². The molecule has 2 aliphatic rings. The number of aromatic nitrogens is 2. The van der Waals surface area contributed by atoms with E-state index in [1.165, 1.54) is 30.5 Å². The lowest BCUT2D eigenvalue weighted by atomic mass is 9.89. The Hall–Kier alpha value is -1.61. The summed E-state index contributed by atoms with van der Waals surface area (Å²) in [6, 6.07) is 9.96. The molecule has 0 radical (unpaired) electrons. The average molecular weight is 239 g/mol. The largest absolute Gasteiger partial charge is 0.328 e. The molecule has 3 heteroatoms. The van der Waals surface area contributed by atoms with Crippen molar-refractivity contribution in [2.24, 2.45) is 0 Å². The molecule has 0 bridgehead atoms. The van der Waals surface area contributed by atoms with Crippen molar-refractivity contribution in [3.05, 3.63) is 54.1 Å². The van der Waals surface area contributed by atoms with Gasteiger partial charge in [-0.3, -0.25) is 4.90 Å². The number of hydrogen-bond acceptors (Lipinski definition) is 2. The molecule has 2 atom stereocenters. The van der Waals surface area contributed by atoms with Gasteiger partial charge in [-0.15, -0.1) is 0 Å². The smallest absolute Gasteiger partial charge is 0.0952 e. The van der Waals surface area contributed by atoms with Crippen LogP contribution in [0.5, 0.6) is 0 Å². The third-order valence-corrected chi connectivity index (χ3v) is 4.37. The fraction of sp³-hybridized carbons (Fsp3) is 0.400. The van der Waals surface area contributed by atoms with Gasteiger partial charge in [0.25, 0.3) is 0 Å². The summed E-state index contributed by atoms with van der Waals surface area (Å²) in [6.07, 6.45) is 8.57. The molecule has 1 fully saturated rings. The zero-order chi connectivity index (χ0) is 11.9. The molecule has 92 valence electrons. The summed E-state index contributed by atoms with van der Waals surface area (Å²) in [5.74, 6) is 0. The van der Waals surface area contributed by atoms with Crippen molar-refractivity contribution in [1.29, 1.82) is 0 Å². The van der Waals surface area contributed by atoms with Crippen LogP contribution >= 0.6 is 0 Å². The highest BCUT2D eigenvalue weighted by atomic mass is 15.2. The van der Waals surface area contributed by atoms with Gasteiger partial charge in [0.1, 0.15) is 0 Å². The van der Waals surface area contributed by atoms with Crippen LogP contribution in [-0.2, 0) is 6.54 Å². The molecule has 0 aliphatic carbocycles. The molecule has 0 spiro atoms. The molecule has 1 saturated heterocycles. The van der Waals surface area contributed by atoms with E-state index in [1.807, 2.05) is 12.5 Å². The van der Waals surface area contributed by atoms with Crippen molar-refractivity contribution in [1.82, 2.24) is 14.5 Å². The third kappa shape index (κ3) is 1.44. The molecular formula is C15H17N3. The van der Waals surface area contributed by atoms with Gasteiger partial charge in [0.05, 0.1) is 12.4 Å². The van der Waals surface area contributed by atoms with E-state index >= 15 is 0 Å². The van der Waals surface area contributed by atoms with Crippen LogP contribution in [0.25, 0.3) is 0 Å². The fourth-order valence-corrected chi connectivity index (χ4v) is 3.59. The summed E-state index contributed by atoms with van der Waals surface area (Å²) in [6.45, 7) is 2.36. The fourth-order valence-electron chi connectivity index (χ4n) is 3.59. The van der Waals surface area contributed by atoms with Crippen LogP contribution < -0.4 is 0 Å². The van der Waals surface area contributed by atoms with E-state index in [2.05, 4.69) is 44.9 Å². The summed E-state index contributed by atoms with van der Waals surface area (Å²) in [5, 5.41) is 0. The summed E-state index contributed by atoms with van der Waals surface area (Å²) in [4.78, 5) is 6.86. The van der Waals surface area contributed by atoms with Crippen molar-refractivity contribution in [3.8, 4) is 0 Å². The lowest BCUT2D eigenvalue weighted by molar-refractivity contribution is 0.181. The van der Waals surface area contributed by atoms with Crippen molar-refractivity contribution >= 4 is 0 Å². The first-order valence-electron chi connectivity index (χ1n) is 6.73. The Balaban J connectivity index is 1.87. The highest BCUT2D eigenvalue weighted by molar-refractivity contribution is 5.34. The van der Waals surface area contributed by atoms with Gasteiger partial charge in [-0.25, -0.2) is 4.98 Å². The van der Waals surface area contributed by atoms with Gasteiger partial charge >= 0.3 is 0 Å². The first kappa shape index (κ1) is 10.3. The second kappa shape index (κ2) is 3.95.